The second kappa shape index (κ2) is 9.13. The number of ether oxygens (including phenoxy) is 1. The molecule has 0 aromatic rings. The SMILES string of the molecule is [CH2-]COC[CH2-].[Zn+2]. The van der Waals surface area contributed by atoms with Crippen molar-refractivity contribution in [1.29, 1.82) is 0 Å². The first-order valence-corrected chi connectivity index (χ1v) is 1.58. The van der Waals surface area contributed by atoms with Gasteiger partial charge in [-0.05, 0) is 0 Å². The molecular formula is C4H8OZn. The van der Waals surface area contributed by atoms with Gasteiger partial charge in [0.15, 0.2) is 0 Å². The van der Waals surface area contributed by atoms with Gasteiger partial charge < -0.3 is 18.6 Å². The van der Waals surface area contributed by atoms with Crippen LogP contribution in [0.4, 0.5) is 0 Å². The maximum Gasteiger partial charge on any atom is 2.00 e. The third-order valence-corrected chi connectivity index (χ3v) is 0.289. The van der Waals surface area contributed by atoms with Crippen LogP contribution in [-0.4, -0.2) is 13.2 Å². The summed E-state index contributed by atoms with van der Waals surface area (Å²) in [5.41, 5.74) is 0. The molecule has 0 aliphatic rings. The zero-order chi connectivity index (χ0) is 4.12. The number of hydrogen-bond acceptors (Lipinski definition) is 1. The first-order valence-electron chi connectivity index (χ1n) is 1.58. The molecule has 0 unspecified atom stereocenters. The molecule has 32 valence electrons. The first-order chi connectivity index (χ1) is 2.41. The van der Waals surface area contributed by atoms with Crippen molar-refractivity contribution < 1.29 is 24.2 Å². The van der Waals surface area contributed by atoms with E-state index in [1.54, 1.807) is 0 Å². The van der Waals surface area contributed by atoms with E-state index in [-0.39, 0.29) is 19.5 Å². The molecule has 0 aromatic carbocycles. The largest absolute Gasteiger partial charge is 2.00 e. The van der Waals surface area contributed by atoms with Crippen LogP contribution >= 0.6 is 0 Å². The van der Waals surface area contributed by atoms with E-state index in [1.807, 2.05) is 0 Å². The summed E-state index contributed by atoms with van der Waals surface area (Å²) in [7, 11) is 0. The Kier molecular flexibility index (Phi) is 14.9. The summed E-state index contributed by atoms with van der Waals surface area (Å²) in [6.45, 7) is 7.89. The van der Waals surface area contributed by atoms with Crippen LogP contribution in [0.3, 0.4) is 0 Å². The molecule has 1 nitrogen and oxygen atoms in total. The third-order valence-electron chi connectivity index (χ3n) is 0.289. The summed E-state index contributed by atoms with van der Waals surface area (Å²) in [6, 6.07) is 0. The van der Waals surface area contributed by atoms with E-state index >= 15 is 0 Å². The van der Waals surface area contributed by atoms with E-state index in [2.05, 4.69) is 18.6 Å². The minimum atomic E-state index is 0. The molecule has 0 fully saturated rings. The van der Waals surface area contributed by atoms with Crippen LogP contribution in [0.1, 0.15) is 0 Å². The van der Waals surface area contributed by atoms with E-state index in [0.717, 1.165) is 0 Å². The first kappa shape index (κ1) is 9.77. The third kappa shape index (κ3) is 8.82. The predicted molar refractivity (Wildman–Crippen MR) is 21.5 cm³/mol. The van der Waals surface area contributed by atoms with Gasteiger partial charge in [-0.25, -0.2) is 0 Å². The average molecular weight is 137 g/mol. The maximum atomic E-state index is 4.61. The van der Waals surface area contributed by atoms with Crippen LogP contribution in [0.5, 0.6) is 0 Å². The maximum absolute atomic E-state index is 4.61. The number of hydrogen-bond donors (Lipinski definition) is 0. The molecule has 0 heterocycles. The fourth-order valence-electron chi connectivity index (χ4n) is 0.102. The van der Waals surface area contributed by atoms with Gasteiger partial charge in [-0.1, -0.05) is 13.2 Å². The Hall–Kier alpha value is 0.583. The normalized spacial score (nSPS) is 7.00. The molecule has 0 radical (unpaired) electrons. The summed E-state index contributed by atoms with van der Waals surface area (Å²) >= 11 is 0. The molecule has 0 amide bonds. The summed E-state index contributed by atoms with van der Waals surface area (Å²) < 4.78 is 4.61. The standard InChI is InChI=1S/C4H8O.Zn/c1-3-5-4-2;/h1-4H2;/q-2;+2. The minimum absolute atomic E-state index is 0. The Morgan fingerprint density at radius 3 is 1.50 bits per heavy atom. The fourth-order valence-corrected chi connectivity index (χ4v) is 0.102. The second-order valence-electron chi connectivity index (χ2n) is 0.612. The van der Waals surface area contributed by atoms with Crippen LogP contribution in [-0.2, 0) is 24.2 Å². The van der Waals surface area contributed by atoms with Crippen LogP contribution in [0, 0.1) is 13.8 Å². The topological polar surface area (TPSA) is 9.23 Å². The number of rotatable bonds is 2. The van der Waals surface area contributed by atoms with Gasteiger partial charge in [0.2, 0.25) is 0 Å². The Morgan fingerprint density at radius 2 is 1.50 bits per heavy atom. The van der Waals surface area contributed by atoms with Gasteiger partial charge in [-0.3, -0.25) is 0 Å². The summed E-state index contributed by atoms with van der Waals surface area (Å²) in [5.74, 6) is 0. The summed E-state index contributed by atoms with van der Waals surface area (Å²) in [6.07, 6.45) is 0. The molecule has 0 spiro atoms. The molecule has 0 rings (SSSR count). The van der Waals surface area contributed by atoms with Crippen molar-refractivity contribution in [2.24, 2.45) is 0 Å². The van der Waals surface area contributed by atoms with Crippen LogP contribution in [0.25, 0.3) is 0 Å². The van der Waals surface area contributed by atoms with E-state index in [4.69, 9.17) is 0 Å². The van der Waals surface area contributed by atoms with Gasteiger partial charge in [-0.15, -0.1) is 0 Å². The predicted octanol–water partition coefficient (Wildman–Crippen LogP) is 0.669. The van der Waals surface area contributed by atoms with Crippen molar-refractivity contribution in [1.82, 2.24) is 0 Å². The summed E-state index contributed by atoms with van der Waals surface area (Å²) in [4.78, 5) is 0. The molecular weight excluding hydrogens is 129 g/mol. The molecule has 0 aliphatic heterocycles. The van der Waals surface area contributed by atoms with Crippen LogP contribution in [0.15, 0.2) is 0 Å². The van der Waals surface area contributed by atoms with Crippen molar-refractivity contribution in [2.75, 3.05) is 13.2 Å². The van der Waals surface area contributed by atoms with E-state index in [1.165, 1.54) is 0 Å². The van der Waals surface area contributed by atoms with E-state index < -0.39 is 0 Å². The Balaban J connectivity index is 0. The molecule has 0 saturated carbocycles. The van der Waals surface area contributed by atoms with E-state index in [0.29, 0.717) is 13.2 Å². The molecule has 6 heavy (non-hydrogen) atoms. The quantitative estimate of drug-likeness (QED) is 0.402. The zero-order valence-electron chi connectivity index (χ0n) is 3.94. The Morgan fingerprint density at radius 1 is 1.17 bits per heavy atom. The van der Waals surface area contributed by atoms with Crippen molar-refractivity contribution in [3.05, 3.63) is 13.8 Å². The average Bonchev–Trinajstić information content (AvgIpc) is 1.41. The van der Waals surface area contributed by atoms with Gasteiger partial charge in [0.1, 0.15) is 0 Å². The fraction of sp³-hybridized carbons (Fsp3) is 0.500. The van der Waals surface area contributed by atoms with Crippen molar-refractivity contribution in [3.8, 4) is 0 Å². The Labute approximate surface area is 51.8 Å². The van der Waals surface area contributed by atoms with Gasteiger partial charge in [0.05, 0.1) is 0 Å². The molecule has 0 aromatic heterocycles. The van der Waals surface area contributed by atoms with Crippen molar-refractivity contribution in [3.63, 3.8) is 0 Å². The molecule has 0 atom stereocenters. The molecule has 0 aliphatic carbocycles. The van der Waals surface area contributed by atoms with Crippen molar-refractivity contribution >= 4 is 0 Å². The van der Waals surface area contributed by atoms with Crippen LogP contribution in [0.2, 0.25) is 0 Å². The van der Waals surface area contributed by atoms with E-state index in [9.17, 15) is 0 Å². The van der Waals surface area contributed by atoms with Gasteiger partial charge >= 0.3 is 19.5 Å². The second-order valence-corrected chi connectivity index (χ2v) is 0.612. The molecule has 0 saturated heterocycles. The monoisotopic (exact) mass is 136 g/mol. The minimum Gasteiger partial charge on any atom is -0.445 e. The molecule has 2 heteroatoms. The van der Waals surface area contributed by atoms with Crippen LogP contribution < -0.4 is 0 Å². The molecule has 0 bridgehead atoms. The van der Waals surface area contributed by atoms with Gasteiger partial charge in [0, 0.05) is 0 Å². The van der Waals surface area contributed by atoms with Gasteiger partial charge in [0.25, 0.3) is 0 Å². The summed E-state index contributed by atoms with van der Waals surface area (Å²) in [5, 5.41) is 0. The molecule has 0 N–H and O–H groups in total. The Bertz CT molecular complexity index is 15.0. The smallest absolute Gasteiger partial charge is 0.445 e. The van der Waals surface area contributed by atoms with Crippen molar-refractivity contribution in [2.45, 2.75) is 0 Å². The van der Waals surface area contributed by atoms with Gasteiger partial charge in [-0.2, -0.15) is 0 Å². The zero-order valence-corrected chi connectivity index (χ0v) is 6.91.